The Labute approximate surface area is 117 Å². The molecule has 1 atom stereocenters. The number of ether oxygens (including phenoxy) is 2. The van der Waals surface area contributed by atoms with E-state index in [0.717, 1.165) is 12.8 Å². The minimum absolute atomic E-state index is 0.141. The van der Waals surface area contributed by atoms with E-state index in [9.17, 15) is 9.18 Å². The number of para-hydroxylation sites is 1. The number of carbonyl (C=O) groups excluding carboxylic acids is 1. The number of anilines is 1. The number of carbonyl (C=O) groups is 1. The van der Waals surface area contributed by atoms with E-state index >= 15 is 0 Å². The second-order valence-electron chi connectivity index (χ2n) is 4.86. The summed E-state index contributed by atoms with van der Waals surface area (Å²) in [5.74, 6) is -0.885. The summed E-state index contributed by atoms with van der Waals surface area (Å²) < 4.78 is 24.3. The van der Waals surface area contributed by atoms with Gasteiger partial charge in [-0.3, -0.25) is 4.79 Å². The third-order valence-electron chi connectivity index (χ3n) is 3.32. The molecule has 1 unspecified atom stereocenters. The van der Waals surface area contributed by atoms with Crippen LogP contribution in [0.25, 0.3) is 0 Å². The molecule has 2 rings (SSSR count). The van der Waals surface area contributed by atoms with Crippen LogP contribution >= 0.6 is 0 Å². The molecule has 6 heteroatoms. The van der Waals surface area contributed by atoms with Gasteiger partial charge >= 0.3 is 0 Å². The summed E-state index contributed by atoms with van der Waals surface area (Å²) >= 11 is 0. The van der Waals surface area contributed by atoms with E-state index in [1.165, 1.54) is 12.1 Å². The highest BCUT2D eigenvalue weighted by molar-refractivity contribution is 5.91. The van der Waals surface area contributed by atoms with E-state index < -0.39 is 17.3 Å². The Morgan fingerprint density at radius 2 is 2.30 bits per heavy atom. The third kappa shape index (κ3) is 3.75. The van der Waals surface area contributed by atoms with Crippen molar-refractivity contribution in [2.24, 2.45) is 5.73 Å². The van der Waals surface area contributed by atoms with Crippen molar-refractivity contribution in [3.63, 3.8) is 0 Å². The topological polar surface area (TPSA) is 73.6 Å². The molecule has 110 valence electrons. The van der Waals surface area contributed by atoms with Gasteiger partial charge in [-0.1, -0.05) is 12.1 Å². The van der Waals surface area contributed by atoms with E-state index in [4.69, 9.17) is 15.2 Å². The molecule has 1 aromatic rings. The monoisotopic (exact) mass is 282 g/mol. The minimum atomic E-state index is -0.606. The molecule has 5 nitrogen and oxygen atoms in total. The minimum Gasteiger partial charge on any atom is -0.378 e. The number of nitrogens with two attached hydrogens (primary N) is 1. The van der Waals surface area contributed by atoms with E-state index in [1.807, 2.05) is 0 Å². The van der Waals surface area contributed by atoms with Crippen LogP contribution in [0, 0.1) is 5.82 Å². The van der Waals surface area contributed by atoms with Crippen molar-refractivity contribution in [3.05, 3.63) is 30.1 Å². The zero-order valence-electron chi connectivity index (χ0n) is 11.2. The summed E-state index contributed by atoms with van der Waals surface area (Å²) in [4.78, 5) is 11.8. The smallest absolute Gasteiger partial charge is 0.250 e. The Balaban J connectivity index is 1.87. The van der Waals surface area contributed by atoms with Crippen LogP contribution in [0.1, 0.15) is 12.8 Å². The molecule has 1 heterocycles. The summed E-state index contributed by atoms with van der Waals surface area (Å²) in [5, 5.41) is 2.47. The molecule has 0 radical (unpaired) electrons. The SMILES string of the molecule is NCC1(OCC(=O)Nc2ccccc2F)CCCOC1. The van der Waals surface area contributed by atoms with Crippen LogP contribution in [0.3, 0.4) is 0 Å². The molecule has 1 aliphatic rings. The lowest BCUT2D eigenvalue weighted by Gasteiger charge is -2.35. The molecular formula is C14H19FN2O3. The predicted octanol–water partition coefficient (Wildman–Crippen LogP) is 1.29. The van der Waals surface area contributed by atoms with Crippen LogP contribution in [0.15, 0.2) is 24.3 Å². The Morgan fingerprint density at radius 3 is 2.95 bits per heavy atom. The molecule has 1 saturated heterocycles. The molecule has 1 aliphatic heterocycles. The van der Waals surface area contributed by atoms with Crippen molar-refractivity contribution in [1.29, 1.82) is 0 Å². The van der Waals surface area contributed by atoms with Gasteiger partial charge in [0.05, 0.1) is 12.3 Å². The number of benzene rings is 1. The average Bonchev–Trinajstić information content (AvgIpc) is 2.49. The first-order valence-electron chi connectivity index (χ1n) is 6.61. The number of hydrogen-bond donors (Lipinski definition) is 2. The Kier molecular flexibility index (Phi) is 5.05. The summed E-state index contributed by atoms with van der Waals surface area (Å²) in [7, 11) is 0. The normalized spacial score (nSPS) is 22.5. The molecule has 0 aromatic heterocycles. The molecule has 0 aliphatic carbocycles. The van der Waals surface area contributed by atoms with Gasteiger partial charge in [0.25, 0.3) is 0 Å². The van der Waals surface area contributed by atoms with Gasteiger partial charge in [-0.2, -0.15) is 0 Å². The quantitative estimate of drug-likeness (QED) is 0.853. The number of halogens is 1. The number of rotatable bonds is 5. The van der Waals surface area contributed by atoms with Gasteiger partial charge in [0.15, 0.2) is 0 Å². The Hall–Kier alpha value is -1.50. The number of amides is 1. The number of hydrogen-bond acceptors (Lipinski definition) is 4. The fourth-order valence-electron chi connectivity index (χ4n) is 2.13. The zero-order chi connectivity index (χ0) is 14.4. The van der Waals surface area contributed by atoms with Crippen LogP contribution in [0.5, 0.6) is 0 Å². The highest BCUT2D eigenvalue weighted by Gasteiger charge is 2.33. The summed E-state index contributed by atoms with van der Waals surface area (Å²) in [6, 6.07) is 5.99. The van der Waals surface area contributed by atoms with Crippen molar-refractivity contribution in [2.45, 2.75) is 18.4 Å². The van der Waals surface area contributed by atoms with E-state index in [0.29, 0.717) is 19.8 Å². The largest absolute Gasteiger partial charge is 0.378 e. The number of nitrogens with one attached hydrogen (secondary N) is 1. The molecule has 0 saturated carbocycles. The maximum absolute atomic E-state index is 13.4. The van der Waals surface area contributed by atoms with Crippen LogP contribution in [-0.2, 0) is 14.3 Å². The molecule has 0 spiro atoms. The summed E-state index contributed by atoms with van der Waals surface area (Å²) in [5.41, 5.74) is 5.24. The first kappa shape index (κ1) is 14.9. The molecular weight excluding hydrogens is 263 g/mol. The van der Waals surface area contributed by atoms with Gasteiger partial charge in [0.1, 0.15) is 18.0 Å². The van der Waals surface area contributed by atoms with Crippen LogP contribution < -0.4 is 11.1 Å². The Morgan fingerprint density at radius 1 is 1.50 bits per heavy atom. The van der Waals surface area contributed by atoms with Crippen molar-refractivity contribution < 1.29 is 18.7 Å². The zero-order valence-corrected chi connectivity index (χ0v) is 11.2. The fraction of sp³-hybridized carbons (Fsp3) is 0.500. The first-order chi connectivity index (χ1) is 9.65. The lowest BCUT2D eigenvalue weighted by atomic mass is 9.96. The first-order valence-corrected chi connectivity index (χ1v) is 6.61. The molecule has 20 heavy (non-hydrogen) atoms. The summed E-state index contributed by atoms with van der Waals surface area (Å²) in [6.45, 7) is 1.19. The van der Waals surface area contributed by atoms with Crippen molar-refractivity contribution >= 4 is 11.6 Å². The van der Waals surface area contributed by atoms with Gasteiger partial charge in [-0.15, -0.1) is 0 Å². The highest BCUT2D eigenvalue weighted by Crippen LogP contribution is 2.22. The average molecular weight is 282 g/mol. The van der Waals surface area contributed by atoms with Gasteiger partial charge in [0, 0.05) is 13.2 Å². The lowest BCUT2D eigenvalue weighted by molar-refractivity contribution is -0.143. The molecule has 3 N–H and O–H groups in total. The van der Waals surface area contributed by atoms with E-state index in [1.54, 1.807) is 12.1 Å². The second-order valence-corrected chi connectivity index (χ2v) is 4.86. The van der Waals surface area contributed by atoms with Crippen molar-refractivity contribution in [1.82, 2.24) is 0 Å². The van der Waals surface area contributed by atoms with Crippen LogP contribution in [0.4, 0.5) is 10.1 Å². The highest BCUT2D eigenvalue weighted by atomic mass is 19.1. The fourth-order valence-corrected chi connectivity index (χ4v) is 2.13. The van der Waals surface area contributed by atoms with Crippen molar-refractivity contribution in [3.8, 4) is 0 Å². The van der Waals surface area contributed by atoms with Gasteiger partial charge in [-0.25, -0.2) is 4.39 Å². The van der Waals surface area contributed by atoms with Crippen molar-refractivity contribution in [2.75, 3.05) is 31.7 Å². The predicted molar refractivity (Wildman–Crippen MR) is 72.8 cm³/mol. The van der Waals surface area contributed by atoms with E-state index in [2.05, 4.69) is 5.32 Å². The maximum Gasteiger partial charge on any atom is 0.250 e. The standard InChI is InChI=1S/C14H19FN2O3/c15-11-4-1-2-5-12(11)17-13(18)8-20-14(9-16)6-3-7-19-10-14/h1-2,4-5H,3,6-10,16H2,(H,17,18). The van der Waals surface area contributed by atoms with Crippen LogP contribution in [0.2, 0.25) is 0 Å². The van der Waals surface area contributed by atoms with Gasteiger partial charge in [-0.05, 0) is 25.0 Å². The second kappa shape index (κ2) is 6.78. The lowest BCUT2D eigenvalue weighted by Crippen LogP contribution is -2.49. The van der Waals surface area contributed by atoms with Gasteiger partial charge < -0.3 is 20.5 Å². The van der Waals surface area contributed by atoms with E-state index in [-0.39, 0.29) is 12.3 Å². The molecule has 1 amide bonds. The molecule has 1 fully saturated rings. The summed E-state index contributed by atoms with van der Waals surface area (Å²) in [6.07, 6.45) is 1.61. The molecule has 0 bridgehead atoms. The van der Waals surface area contributed by atoms with Gasteiger partial charge in [0.2, 0.25) is 5.91 Å². The van der Waals surface area contributed by atoms with Crippen LogP contribution in [-0.4, -0.2) is 37.9 Å². The maximum atomic E-state index is 13.4. The third-order valence-corrected chi connectivity index (χ3v) is 3.32. The molecule has 1 aromatic carbocycles. The Bertz CT molecular complexity index is 461.